The van der Waals surface area contributed by atoms with Crippen LogP contribution in [0.25, 0.3) is 0 Å². The van der Waals surface area contributed by atoms with Crippen LogP contribution in [-0.4, -0.2) is 13.2 Å². The Hall–Kier alpha value is -0.900. The number of hydrogen-bond donors (Lipinski definition) is 2. The molecule has 0 radical (unpaired) electrons. The first-order valence-electron chi connectivity index (χ1n) is 7.15. The summed E-state index contributed by atoms with van der Waals surface area (Å²) in [5.74, 6) is 6.34. The molecule has 3 N–H and O–H groups in total. The number of nitrogens with one attached hydrogen (secondary N) is 1. The Morgan fingerprint density at radius 2 is 2.00 bits per heavy atom. The van der Waals surface area contributed by atoms with Gasteiger partial charge in [0.25, 0.3) is 0 Å². The number of nitrogens with two attached hydrogens (primary N) is 1. The zero-order valence-corrected chi connectivity index (χ0v) is 12.3. The van der Waals surface area contributed by atoms with Gasteiger partial charge in [0.15, 0.2) is 0 Å². The van der Waals surface area contributed by atoms with Crippen molar-refractivity contribution in [3.63, 3.8) is 0 Å². The molecule has 0 saturated carbocycles. The van der Waals surface area contributed by atoms with Gasteiger partial charge in [-0.2, -0.15) is 0 Å². The summed E-state index contributed by atoms with van der Waals surface area (Å²) in [5, 5.41) is 0. The average molecular weight is 262 g/mol. The Labute approximate surface area is 116 Å². The molecule has 0 bridgehead atoms. The molecule has 1 fully saturated rings. The maximum atomic E-state index is 5.72. The SMILES string of the molecule is CC(C)(C)c1ccc(C(CC2CCOC2)NN)cc1. The lowest BCUT2D eigenvalue weighted by molar-refractivity contribution is 0.181. The minimum Gasteiger partial charge on any atom is -0.381 e. The van der Waals surface area contributed by atoms with Gasteiger partial charge in [-0.1, -0.05) is 45.0 Å². The summed E-state index contributed by atoms with van der Waals surface area (Å²) in [6.45, 7) is 8.47. The smallest absolute Gasteiger partial charge is 0.0495 e. The van der Waals surface area contributed by atoms with Crippen LogP contribution in [0.3, 0.4) is 0 Å². The monoisotopic (exact) mass is 262 g/mol. The fourth-order valence-electron chi connectivity index (χ4n) is 2.62. The fourth-order valence-corrected chi connectivity index (χ4v) is 2.62. The van der Waals surface area contributed by atoms with Crippen LogP contribution in [0, 0.1) is 5.92 Å². The Balaban J connectivity index is 2.05. The molecule has 0 spiro atoms. The number of ether oxygens (including phenoxy) is 1. The molecule has 1 saturated heterocycles. The lowest BCUT2D eigenvalue weighted by Crippen LogP contribution is -2.30. The zero-order valence-electron chi connectivity index (χ0n) is 12.3. The molecule has 1 aliphatic rings. The third kappa shape index (κ3) is 3.78. The van der Waals surface area contributed by atoms with E-state index in [1.165, 1.54) is 11.1 Å². The summed E-state index contributed by atoms with van der Waals surface area (Å²) in [4.78, 5) is 0. The minimum absolute atomic E-state index is 0.198. The Bertz CT molecular complexity index is 388. The number of hydrogen-bond acceptors (Lipinski definition) is 3. The highest BCUT2D eigenvalue weighted by Gasteiger charge is 2.21. The molecule has 0 amide bonds. The molecular formula is C16H26N2O. The fraction of sp³-hybridized carbons (Fsp3) is 0.625. The van der Waals surface area contributed by atoms with E-state index in [-0.39, 0.29) is 11.5 Å². The third-order valence-electron chi connectivity index (χ3n) is 3.97. The molecule has 3 heteroatoms. The Morgan fingerprint density at radius 3 is 2.47 bits per heavy atom. The predicted octanol–water partition coefficient (Wildman–Crippen LogP) is 2.92. The molecular weight excluding hydrogens is 236 g/mol. The van der Waals surface area contributed by atoms with E-state index in [0.717, 1.165) is 26.1 Å². The second kappa shape index (κ2) is 6.04. The zero-order chi connectivity index (χ0) is 13.9. The van der Waals surface area contributed by atoms with Crippen molar-refractivity contribution in [3.8, 4) is 0 Å². The summed E-state index contributed by atoms with van der Waals surface area (Å²) in [6, 6.07) is 9.04. The largest absolute Gasteiger partial charge is 0.381 e. The molecule has 1 aromatic carbocycles. The van der Waals surface area contributed by atoms with Crippen LogP contribution < -0.4 is 11.3 Å². The number of benzene rings is 1. The molecule has 0 aliphatic carbocycles. The standard InChI is InChI=1S/C16H26N2O/c1-16(2,3)14-6-4-13(5-7-14)15(18-17)10-12-8-9-19-11-12/h4-7,12,15,18H,8-11,17H2,1-3H3. The van der Waals surface area contributed by atoms with Crippen molar-refractivity contribution in [1.82, 2.24) is 5.43 Å². The third-order valence-corrected chi connectivity index (χ3v) is 3.97. The summed E-state index contributed by atoms with van der Waals surface area (Å²) >= 11 is 0. The molecule has 1 heterocycles. The van der Waals surface area contributed by atoms with E-state index in [4.69, 9.17) is 10.6 Å². The molecule has 2 unspecified atom stereocenters. The minimum atomic E-state index is 0.198. The molecule has 2 rings (SSSR count). The first kappa shape index (κ1) is 14.5. The van der Waals surface area contributed by atoms with Crippen molar-refractivity contribution in [2.75, 3.05) is 13.2 Å². The van der Waals surface area contributed by atoms with Crippen LogP contribution in [-0.2, 0) is 10.2 Å². The number of hydrazine groups is 1. The van der Waals surface area contributed by atoms with Gasteiger partial charge in [0.2, 0.25) is 0 Å². The summed E-state index contributed by atoms with van der Waals surface area (Å²) < 4.78 is 5.43. The molecule has 0 aromatic heterocycles. The Kier molecular flexibility index (Phi) is 4.61. The molecule has 106 valence electrons. The van der Waals surface area contributed by atoms with Crippen LogP contribution in [0.5, 0.6) is 0 Å². The maximum absolute atomic E-state index is 5.72. The highest BCUT2D eigenvalue weighted by atomic mass is 16.5. The molecule has 1 aromatic rings. The van der Waals surface area contributed by atoms with E-state index in [1.807, 2.05) is 0 Å². The van der Waals surface area contributed by atoms with Crippen molar-refractivity contribution >= 4 is 0 Å². The van der Waals surface area contributed by atoms with E-state index in [1.54, 1.807) is 0 Å². The molecule has 19 heavy (non-hydrogen) atoms. The van der Waals surface area contributed by atoms with Crippen LogP contribution >= 0.6 is 0 Å². The van der Waals surface area contributed by atoms with Crippen LogP contribution in [0.2, 0.25) is 0 Å². The van der Waals surface area contributed by atoms with E-state index < -0.39 is 0 Å². The lowest BCUT2D eigenvalue weighted by Gasteiger charge is -2.22. The molecule has 1 aliphatic heterocycles. The predicted molar refractivity (Wildman–Crippen MR) is 78.7 cm³/mol. The quantitative estimate of drug-likeness (QED) is 0.648. The van der Waals surface area contributed by atoms with E-state index >= 15 is 0 Å². The topological polar surface area (TPSA) is 47.3 Å². The van der Waals surface area contributed by atoms with Gasteiger partial charge in [0, 0.05) is 19.3 Å². The van der Waals surface area contributed by atoms with Gasteiger partial charge in [-0.3, -0.25) is 11.3 Å². The Morgan fingerprint density at radius 1 is 1.32 bits per heavy atom. The maximum Gasteiger partial charge on any atom is 0.0495 e. The van der Waals surface area contributed by atoms with Gasteiger partial charge in [-0.15, -0.1) is 0 Å². The highest BCUT2D eigenvalue weighted by Crippen LogP contribution is 2.28. The van der Waals surface area contributed by atoms with E-state index in [0.29, 0.717) is 5.92 Å². The molecule has 2 atom stereocenters. The van der Waals surface area contributed by atoms with Gasteiger partial charge in [0.1, 0.15) is 0 Å². The molecule has 3 nitrogen and oxygen atoms in total. The van der Waals surface area contributed by atoms with Crippen LogP contribution in [0.1, 0.15) is 50.8 Å². The van der Waals surface area contributed by atoms with Crippen molar-refractivity contribution in [2.24, 2.45) is 11.8 Å². The van der Waals surface area contributed by atoms with Crippen LogP contribution in [0.4, 0.5) is 0 Å². The van der Waals surface area contributed by atoms with Gasteiger partial charge < -0.3 is 4.74 Å². The summed E-state index contributed by atoms with van der Waals surface area (Å²) in [6.07, 6.45) is 2.20. The van der Waals surface area contributed by atoms with Crippen molar-refractivity contribution in [1.29, 1.82) is 0 Å². The van der Waals surface area contributed by atoms with E-state index in [9.17, 15) is 0 Å². The van der Waals surface area contributed by atoms with Gasteiger partial charge in [-0.05, 0) is 35.3 Å². The normalized spacial score (nSPS) is 21.6. The first-order chi connectivity index (χ1) is 9.00. The van der Waals surface area contributed by atoms with Crippen molar-refractivity contribution in [3.05, 3.63) is 35.4 Å². The van der Waals surface area contributed by atoms with Crippen molar-refractivity contribution in [2.45, 2.75) is 45.1 Å². The second-order valence-corrected chi connectivity index (χ2v) is 6.56. The van der Waals surface area contributed by atoms with E-state index in [2.05, 4.69) is 50.5 Å². The highest BCUT2D eigenvalue weighted by molar-refractivity contribution is 5.29. The average Bonchev–Trinajstić information content (AvgIpc) is 2.88. The summed E-state index contributed by atoms with van der Waals surface area (Å²) in [5.41, 5.74) is 5.77. The second-order valence-electron chi connectivity index (χ2n) is 6.56. The van der Waals surface area contributed by atoms with Gasteiger partial charge in [-0.25, -0.2) is 0 Å². The van der Waals surface area contributed by atoms with Gasteiger partial charge >= 0.3 is 0 Å². The van der Waals surface area contributed by atoms with Crippen molar-refractivity contribution < 1.29 is 4.74 Å². The van der Waals surface area contributed by atoms with Gasteiger partial charge in [0.05, 0.1) is 0 Å². The summed E-state index contributed by atoms with van der Waals surface area (Å²) in [7, 11) is 0. The lowest BCUT2D eigenvalue weighted by atomic mass is 9.85. The number of rotatable bonds is 4. The van der Waals surface area contributed by atoms with Crippen LogP contribution in [0.15, 0.2) is 24.3 Å². The first-order valence-corrected chi connectivity index (χ1v) is 7.15.